The highest BCUT2D eigenvalue weighted by atomic mass is 16.6. The molecule has 2 aromatic carbocycles. The van der Waals surface area contributed by atoms with Crippen LogP contribution in [-0.2, 0) is 4.74 Å². The summed E-state index contributed by atoms with van der Waals surface area (Å²) in [4.78, 5) is 31.2. The van der Waals surface area contributed by atoms with Crippen LogP contribution in [0.4, 0.5) is 28.7 Å². The average Bonchev–Trinajstić information content (AvgIpc) is 2.79. The number of nitro groups is 1. The number of carbonyl (C=O) groups excluding carboxylic acids is 1. The second-order valence-corrected chi connectivity index (χ2v) is 6.03. The number of ether oxygens (including phenoxy) is 3. The van der Waals surface area contributed by atoms with Crippen LogP contribution >= 0.6 is 0 Å². The number of rotatable bonds is 8. The van der Waals surface area contributed by atoms with Crippen molar-refractivity contribution in [1.29, 1.82) is 0 Å². The molecule has 0 amide bonds. The molecule has 11 heteroatoms. The number of benzene rings is 2. The molecule has 0 saturated heterocycles. The first-order valence-electron chi connectivity index (χ1n) is 8.91. The maximum atomic E-state index is 12.0. The van der Waals surface area contributed by atoms with Gasteiger partial charge in [-0.2, -0.15) is 0 Å². The molecule has 31 heavy (non-hydrogen) atoms. The summed E-state index contributed by atoms with van der Waals surface area (Å²) >= 11 is 0. The molecule has 0 radical (unpaired) electrons. The smallest absolute Gasteiger partial charge is 0.353 e. The lowest BCUT2D eigenvalue weighted by molar-refractivity contribution is -0.383. The zero-order valence-corrected chi connectivity index (χ0v) is 16.9. The van der Waals surface area contributed by atoms with Crippen LogP contribution in [0.5, 0.6) is 11.5 Å². The molecule has 1 aromatic heterocycles. The Bertz CT molecular complexity index is 1120. The fourth-order valence-corrected chi connectivity index (χ4v) is 2.77. The van der Waals surface area contributed by atoms with Gasteiger partial charge >= 0.3 is 11.7 Å². The molecule has 0 bridgehead atoms. The molecule has 11 nitrogen and oxygen atoms in total. The van der Waals surface area contributed by atoms with E-state index < -0.39 is 16.6 Å². The van der Waals surface area contributed by atoms with Crippen LogP contribution in [0.3, 0.4) is 0 Å². The van der Waals surface area contributed by atoms with Crippen molar-refractivity contribution >= 4 is 34.7 Å². The Labute approximate surface area is 177 Å². The molecule has 3 aromatic rings. The van der Waals surface area contributed by atoms with Gasteiger partial charge in [-0.05, 0) is 24.3 Å². The SMILES string of the molecule is COC(=O)c1ccccc1Nc1ncnc(Nc2ccc(OC)cc2OC)c1[N+](=O)[O-]. The van der Waals surface area contributed by atoms with E-state index >= 15 is 0 Å². The van der Waals surface area contributed by atoms with Gasteiger partial charge in [0.15, 0.2) is 0 Å². The second kappa shape index (κ2) is 9.39. The Kier molecular flexibility index (Phi) is 6.45. The van der Waals surface area contributed by atoms with Gasteiger partial charge in [-0.15, -0.1) is 0 Å². The van der Waals surface area contributed by atoms with E-state index in [1.54, 1.807) is 36.4 Å². The van der Waals surface area contributed by atoms with Gasteiger partial charge in [0.2, 0.25) is 11.6 Å². The first kappa shape index (κ1) is 21.3. The van der Waals surface area contributed by atoms with Crippen LogP contribution in [0.2, 0.25) is 0 Å². The first-order chi connectivity index (χ1) is 15.0. The Morgan fingerprint density at radius 3 is 2.26 bits per heavy atom. The minimum absolute atomic E-state index is 0.0680. The van der Waals surface area contributed by atoms with Gasteiger partial charge in [0.1, 0.15) is 17.8 Å². The average molecular weight is 425 g/mol. The van der Waals surface area contributed by atoms with Crippen molar-refractivity contribution in [2.75, 3.05) is 32.0 Å². The summed E-state index contributed by atoms with van der Waals surface area (Å²) in [6, 6.07) is 11.4. The van der Waals surface area contributed by atoms with E-state index in [-0.39, 0.29) is 17.2 Å². The van der Waals surface area contributed by atoms with Gasteiger partial charge in [-0.3, -0.25) is 10.1 Å². The predicted molar refractivity (Wildman–Crippen MR) is 113 cm³/mol. The molecule has 0 saturated carbocycles. The molecule has 2 N–H and O–H groups in total. The van der Waals surface area contributed by atoms with E-state index in [2.05, 4.69) is 20.6 Å². The minimum Gasteiger partial charge on any atom is -0.497 e. The summed E-state index contributed by atoms with van der Waals surface area (Å²) < 4.78 is 15.2. The Morgan fingerprint density at radius 1 is 0.968 bits per heavy atom. The number of nitrogens with one attached hydrogen (secondary N) is 2. The fraction of sp³-hybridized carbons (Fsp3) is 0.150. The molecule has 0 atom stereocenters. The van der Waals surface area contributed by atoms with E-state index in [4.69, 9.17) is 14.2 Å². The molecule has 0 aliphatic carbocycles. The number of methoxy groups -OCH3 is 3. The zero-order valence-electron chi connectivity index (χ0n) is 16.9. The maximum Gasteiger partial charge on any atom is 0.353 e. The van der Waals surface area contributed by atoms with Crippen molar-refractivity contribution in [3.05, 3.63) is 64.5 Å². The number of para-hydroxylation sites is 1. The third-order valence-electron chi connectivity index (χ3n) is 4.25. The molecule has 0 aliphatic heterocycles. The topological polar surface area (TPSA) is 138 Å². The van der Waals surface area contributed by atoms with Crippen LogP contribution in [0.25, 0.3) is 0 Å². The summed E-state index contributed by atoms with van der Waals surface area (Å²) in [5.41, 5.74) is 0.513. The largest absolute Gasteiger partial charge is 0.497 e. The molecule has 0 spiro atoms. The quantitative estimate of drug-likeness (QED) is 0.312. The summed E-state index contributed by atoms with van der Waals surface area (Å²) in [7, 11) is 4.23. The van der Waals surface area contributed by atoms with E-state index in [0.29, 0.717) is 22.9 Å². The zero-order chi connectivity index (χ0) is 22.4. The molecule has 160 valence electrons. The number of hydrogen-bond acceptors (Lipinski definition) is 10. The normalized spacial score (nSPS) is 10.2. The lowest BCUT2D eigenvalue weighted by atomic mass is 10.2. The van der Waals surface area contributed by atoms with Gasteiger partial charge in [-0.1, -0.05) is 12.1 Å². The molecule has 0 unspecified atom stereocenters. The van der Waals surface area contributed by atoms with E-state index in [0.717, 1.165) is 6.33 Å². The van der Waals surface area contributed by atoms with Crippen LogP contribution < -0.4 is 20.1 Å². The van der Waals surface area contributed by atoms with Gasteiger partial charge < -0.3 is 24.8 Å². The number of nitrogens with zero attached hydrogens (tertiary/aromatic N) is 3. The van der Waals surface area contributed by atoms with Crippen LogP contribution in [0.1, 0.15) is 10.4 Å². The molecular formula is C20H19N5O6. The van der Waals surface area contributed by atoms with Crippen LogP contribution in [0.15, 0.2) is 48.8 Å². The second-order valence-electron chi connectivity index (χ2n) is 6.03. The van der Waals surface area contributed by atoms with Gasteiger partial charge in [-0.25, -0.2) is 14.8 Å². The number of anilines is 4. The summed E-state index contributed by atoms with van der Waals surface area (Å²) in [6.45, 7) is 0. The van der Waals surface area contributed by atoms with Crippen molar-refractivity contribution in [2.24, 2.45) is 0 Å². The third-order valence-corrected chi connectivity index (χ3v) is 4.25. The summed E-state index contributed by atoms with van der Waals surface area (Å²) in [6.07, 6.45) is 1.16. The van der Waals surface area contributed by atoms with E-state index in [1.807, 2.05) is 0 Å². The molecule has 3 rings (SSSR count). The monoisotopic (exact) mass is 425 g/mol. The lowest BCUT2D eigenvalue weighted by Gasteiger charge is -2.14. The third kappa shape index (κ3) is 4.61. The molecule has 0 aliphatic rings. The van der Waals surface area contributed by atoms with Gasteiger partial charge in [0.05, 0.1) is 43.2 Å². The summed E-state index contributed by atoms with van der Waals surface area (Å²) in [5.74, 6) is 0.188. The molecular weight excluding hydrogens is 406 g/mol. The predicted octanol–water partition coefficient (Wildman–Crippen LogP) is 3.68. The van der Waals surface area contributed by atoms with Crippen molar-refractivity contribution in [3.63, 3.8) is 0 Å². The first-order valence-corrected chi connectivity index (χ1v) is 8.91. The molecule has 1 heterocycles. The maximum absolute atomic E-state index is 12.0. The fourth-order valence-electron chi connectivity index (χ4n) is 2.77. The van der Waals surface area contributed by atoms with Gasteiger partial charge in [0, 0.05) is 6.07 Å². The minimum atomic E-state index is -0.624. The highest BCUT2D eigenvalue weighted by molar-refractivity contribution is 5.96. The number of aromatic nitrogens is 2. The van der Waals surface area contributed by atoms with E-state index in [9.17, 15) is 14.9 Å². The van der Waals surface area contributed by atoms with Crippen LogP contribution in [-0.4, -0.2) is 42.2 Å². The number of hydrogen-bond donors (Lipinski definition) is 2. The van der Waals surface area contributed by atoms with Crippen molar-refractivity contribution in [1.82, 2.24) is 9.97 Å². The Hall–Kier alpha value is -4.41. The standard InChI is InChI=1S/C20H19N5O6/c1-29-12-8-9-15(16(10-12)30-2)24-19-17(25(27)28)18(21-11-22-19)23-14-7-5-4-6-13(14)20(26)31-3/h4-11H,1-3H3,(H2,21,22,23,24). The lowest BCUT2D eigenvalue weighted by Crippen LogP contribution is -2.09. The number of esters is 1. The van der Waals surface area contributed by atoms with E-state index in [1.165, 1.54) is 27.4 Å². The van der Waals surface area contributed by atoms with Crippen LogP contribution in [0, 0.1) is 10.1 Å². The Morgan fingerprint density at radius 2 is 1.65 bits per heavy atom. The Balaban J connectivity index is 2.02. The van der Waals surface area contributed by atoms with Crippen molar-refractivity contribution < 1.29 is 23.9 Å². The number of carbonyl (C=O) groups is 1. The van der Waals surface area contributed by atoms with Crippen molar-refractivity contribution in [3.8, 4) is 11.5 Å². The highest BCUT2D eigenvalue weighted by Crippen LogP contribution is 2.37. The van der Waals surface area contributed by atoms with Crippen molar-refractivity contribution in [2.45, 2.75) is 0 Å². The summed E-state index contributed by atoms with van der Waals surface area (Å²) in [5, 5.41) is 17.6. The molecule has 0 fully saturated rings. The highest BCUT2D eigenvalue weighted by Gasteiger charge is 2.25. The van der Waals surface area contributed by atoms with Gasteiger partial charge in [0.25, 0.3) is 0 Å².